The van der Waals surface area contributed by atoms with Crippen LogP contribution in [0.2, 0.25) is 0 Å². The Morgan fingerprint density at radius 2 is 1.95 bits per heavy atom. The number of hydrogen-bond donors (Lipinski definition) is 1. The second kappa shape index (κ2) is 6.71. The van der Waals surface area contributed by atoms with Gasteiger partial charge in [0.2, 0.25) is 0 Å². The van der Waals surface area contributed by atoms with Gasteiger partial charge in [-0.15, -0.1) is 0 Å². The topological polar surface area (TPSA) is 29.9 Å². The molecule has 1 aromatic heterocycles. The molecule has 0 radical (unpaired) electrons. The summed E-state index contributed by atoms with van der Waals surface area (Å²) in [6.45, 7) is 5.27. The highest BCUT2D eigenvalue weighted by Crippen LogP contribution is 2.17. The van der Waals surface area contributed by atoms with E-state index < -0.39 is 0 Å². The van der Waals surface area contributed by atoms with E-state index in [-0.39, 0.29) is 0 Å². The Morgan fingerprint density at radius 1 is 1.20 bits per heavy atom. The molecular formula is C17H25N3. The molecule has 0 fully saturated rings. The Kier molecular flexibility index (Phi) is 4.96. The van der Waals surface area contributed by atoms with E-state index in [9.17, 15) is 0 Å². The largest absolute Gasteiger partial charge is 0.319 e. The Bertz CT molecular complexity index is 557. The second-order valence-electron chi connectivity index (χ2n) is 5.66. The molecule has 3 heteroatoms. The van der Waals surface area contributed by atoms with Crippen molar-refractivity contribution in [3.63, 3.8) is 0 Å². The minimum absolute atomic E-state index is 0.593. The molecule has 108 valence electrons. The summed E-state index contributed by atoms with van der Waals surface area (Å²) in [6.07, 6.45) is 2.17. The fourth-order valence-corrected chi connectivity index (χ4v) is 2.81. The monoisotopic (exact) mass is 271 g/mol. The number of aromatic nitrogens is 2. The van der Waals surface area contributed by atoms with Gasteiger partial charge in [-0.3, -0.25) is 4.68 Å². The molecular weight excluding hydrogens is 246 g/mol. The quantitative estimate of drug-likeness (QED) is 0.875. The predicted molar refractivity (Wildman–Crippen MR) is 83.9 cm³/mol. The molecule has 0 saturated carbocycles. The van der Waals surface area contributed by atoms with Crippen molar-refractivity contribution in [2.24, 2.45) is 13.0 Å². The average molecular weight is 271 g/mol. The summed E-state index contributed by atoms with van der Waals surface area (Å²) in [5, 5.41) is 7.77. The minimum Gasteiger partial charge on any atom is -0.319 e. The van der Waals surface area contributed by atoms with Gasteiger partial charge in [0.25, 0.3) is 0 Å². The lowest BCUT2D eigenvalue weighted by Gasteiger charge is -2.18. The van der Waals surface area contributed by atoms with Crippen molar-refractivity contribution in [2.75, 3.05) is 13.6 Å². The van der Waals surface area contributed by atoms with Gasteiger partial charge in [-0.1, -0.05) is 24.3 Å². The predicted octanol–water partition coefficient (Wildman–Crippen LogP) is 2.66. The zero-order valence-electron chi connectivity index (χ0n) is 13.0. The van der Waals surface area contributed by atoms with Gasteiger partial charge in [0, 0.05) is 12.7 Å². The van der Waals surface area contributed by atoms with Gasteiger partial charge in [-0.2, -0.15) is 5.10 Å². The summed E-state index contributed by atoms with van der Waals surface area (Å²) < 4.78 is 2.01. The van der Waals surface area contributed by atoms with Crippen LogP contribution < -0.4 is 5.32 Å². The van der Waals surface area contributed by atoms with Crippen molar-refractivity contribution in [3.05, 3.63) is 52.8 Å². The number of benzene rings is 1. The molecule has 0 saturated heterocycles. The lowest BCUT2D eigenvalue weighted by Crippen LogP contribution is -2.24. The van der Waals surface area contributed by atoms with Crippen molar-refractivity contribution < 1.29 is 0 Å². The third kappa shape index (κ3) is 3.70. The summed E-state index contributed by atoms with van der Waals surface area (Å²) >= 11 is 0. The number of nitrogens with zero attached hydrogens (tertiary/aromatic N) is 2. The minimum atomic E-state index is 0.593. The molecule has 0 spiro atoms. The van der Waals surface area contributed by atoms with Gasteiger partial charge in [0.15, 0.2) is 0 Å². The van der Waals surface area contributed by atoms with Crippen LogP contribution in [0.25, 0.3) is 0 Å². The molecule has 3 nitrogen and oxygen atoms in total. The van der Waals surface area contributed by atoms with Crippen LogP contribution in [0, 0.1) is 19.8 Å². The number of hydrogen-bond acceptors (Lipinski definition) is 2. The van der Waals surface area contributed by atoms with Crippen molar-refractivity contribution in [3.8, 4) is 0 Å². The third-order valence-corrected chi connectivity index (χ3v) is 3.86. The summed E-state index contributed by atoms with van der Waals surface area (Å²) in [7, 11) is 4.06. The van der Waals surface area contributed by atoms with Crippen molar-refractivity contribution in [1.29, 1.82) is 0 Å². The normalized spacial score (nSPS) is 12.6. The van der Waals surface area contributed by atoms with E-state index in [1.54, 1.807) is 0 Å². The first-order chi connectivity index (χ1) is 9.60. The molecule has 1 unspecified atom stereocenters. The molecule has 0 aliphatic heterocycles. The molecule has 1 heterocycles. The van der Waals surface area contributed by atoms with Gasteiger partial charge in [-0.25, -0.2) is 0 Å². The highest BCUT2D eigenvalue weighted by atomic mass is 15.3. The van der Waals surface area contributed by atoms with Crippen LogP contribution in [0.15, 0.2) is 30.3 Å². The average Bonchev–Trinajstić information content (AvgIpc) is 2.71. The van der Waals surface area contributed by atoms with E-state index >= 15 is 0 Å². The lowest BCUT2D eigenvalue weighted by molar-refractivity contribution is 0.476. The zero-order valence-corrected chi connectivity index (χ0v) is 13.0. The summed E-state index contributed by atoms with van der Waals surface area (Å²) in [5.41, 5.74) is 5.25. The maximum atomic E-state index is 4.45. The standard InChI is InChI=1S/C17H25N3/c1-13-7-5-6-8-16(13)10-15(12-18-3)11-17-9-14(2)19-20(17)4/h5-9,15,18H,10-12H2,1-4H3. The van der Waals surface area contributed by atoms with E-state index in [0.29, 0.717) is 5.92 Å². The molecule has 0 amide bonds. The summed E-state index contributed by atoms with van der Waals surface area (Å²) in [6, 6.07) is 10.9. The van der Waals surface area contributed by atoms with Crippen molar-refractivity contribution in [2.45, 2.75) is 26.7 Å². The Morgan fingerprint density at radius 3 is 2.55 bits per heavy atom. The van der Waals surface area contributed by atoms with E-state index in [1.165, 1.54) is 16.8 Å². The Hall–Kier alpha value is -1.61. The number of aryl methyl sites for hydroxylation is 3. The molecule has 0 bridgehead atoms. The fourth-order valence-electron chi connectivity index (χ4n) is 2.81. The van der Waals surface area contributed by atoms with Crippen molar-refractivity contribution in [1.82, 2.24) is 15.1 Å². The van der Waals surface area contributed by atoms with Gasteiger partial charge in [-0.05, 0) is 63.4 Å². The van der Waals surface area contributed by atoms with Gasteiger partial charge >= 0.3 is 0 Å². The highest BCUT2D eigenvalue weighted by Gasteiger charge is 2.14. The number of rotatable bonds is 6. The van der Waals surface area contributed by atoms with E-state index in [1.807, 2.05) is 18.8 Å². The molecule has 1 atom stereocenters. The first-order valence-electron chi connectivity index (χ1n) is 7.28. The molecule has 2 aromatic rings. The smallest absolute Gasteiger partial charge is 0.0596 e. The highest BCUT2D eigenvalue weighted by molar-refractivity contribution is 5.26. The SMILES string of the molecule is CNCC(Cc1ccccc1C)Cc1cc(C)nn1C. The first kappa shape index (κ1) is 14.8. The lowest BCUT2D eigenvalue weighted by atomic mass is 9.92. The summed E-state index contributed by atoms with van der Waals surface area (Å²) in [5.74, 6) is 0.593. The molecule has 0 aliphatic carbocycles. The molecule has 2 rings (SSSR count). The van der Waals surface area contributed by atoms with E-state index in [2.05, 4.69) is 54.6 Å². The van der Waals surface area contributed by atoms with Gasteiger partial charge in [0.05, 0.1) is 5.69 Å². The first-order valence-corrected chi connectivity index (χ1v) is 7.28. The van der Waals surface area contributed by atoms with Gasteiger partial charge < -0.3 is 5.32 Å². The van der Waals surface area contributed by atoms with Crippen LogP contribution in [0.5, 0.6) is 0 Å². The molecule has 0 aliphatic rings. The molecule has 1 N–H and O–H groups in total. The molecule has 1 aromatic carbocycles. The second-order valence-corrected chi connectivity index (χ2v) is 5.66. The van der Waals surface area contributed by atoms with Gasteiger partial charge in [0.1, 0.15) is 0 Å². The zero-order chi connectivity index (χ0) is 14.5. The maximum absolute atomic E-state index is 4.45. The molecule has 20 heavy (non-hydrogen) atoms. The van der Waals surface area contributed by atoms with Crippen LogP contribution in [-0.2, 0) is 19.9 Å². The van der Waals surface area contributed by atoms with Crippen LogP contribution >= 0.6 is 0 Å². The van der Waals surface area contributed by atoms with Crippen LogP contribution in [0.3, 0.4) is 0 Å². The van der Waals surface area contributed by atoms with Crippen molar-refractivity contribution >= 4 is 0 Å². The number of nitrogens with one attached hydrogen (secondary N) is 1. The van der Waals surface area contributed by atoms with Crippen LogP contribution in [0.1, 0.15) is 22.5 Å². The van der Waals surface area contributed by atoms with Crippen LogP contribution in [0.4, 0.5) is 0 Å². The Labute approximate surface area is 122 Å². The third-order valence-electron chi connectivity index (χ3n) is 3.86. The Balaban J connectivity index is 2.11. The summed E-state index contributed by atoms with van der Waals surface area (Å²) in [4.78, 5) is 0. The van der Waals surface area contributed by atoms with E-state index in [4.69, 9.17) is 0 Å². The maximum Gasteiger partial charge on any atom is 0.0596 e. The fraction of sp³-hybridized carbons (Fsp3) is 0.471. The van der Waals surface area contributed by atoms with Crippen LogP contribution in [-0.4, -0.2) is 23.4 Å². The van der Waals surface area contributed by atoms with E-state index in [0.717, 1.165) is 25.1 Å².